The molecule has 2 aromatic carbocycles. The molecule has 0 N–H and O–H groups in total. The van der Waals surface area contributed by atoms with Gasteiger partial charge < -0.3 is 4.74 Å². The predicted octanol–water partition coefficient (Wildman–Crippen LogP) is 3.89. The Morgan fingerprint density at radius 3 is 2.54 bits per heavy atom. The first-order valence-electron chi connectivity index (χ1n) is 7.69. The van der Waals surface area contributed by atoms with Gasteiger partial charge in [0.1, 0.15) is 5.75 Å². The molecule has 28 heavy (non-hydrogen) atoms. The largest absolute Gasteiger partial charge is 0.497 e. The van der Waals surface area contributed by atoms with Crippen LogP contribution in [-0.4, -0.2) is 32.2 Å². The van der Waals surface area contributed by atoms with Crippen molar-refractivity contribution in [2.45, 2.75) is 17.1 Å². The minimum atomic E-state index is -4.60. The summed E-state index contributed by atoms with van der Waals surface area (Å²) in [6.45, 7) is 0. The van der Waals surface area contributed by atoms with Crippen LogP contribution in [-0.2, 0) is 11.9 Å². The molecule has 0 fully saturated rings. The van der Waals surface area contributed by atoms with E-state index in [1.54, 1.807) is 24.3 Å². The maximum absolute atomic E-state index is 12.9. The molecule has 3 aromatic rings. The lowest BCUT2D eigenvalue weighted by molar-refractivity contribution is -0.385. The van der Waals surface area contributed by atoms with Crippen molar-refractivity contribution in [1.82, 2.24) is 20.2 Å². The number of alkyl halides is 3. The van der Waals surface area contributed by atoms with Gasteiger partial charge in [0.05, 0.1) is 23.3 Å². The fraction of sp³-hybridized carbons (Fsp3) is 0.188. The molecule has 0 aliphatic carbocycles. The van der Waals surface area contributed by atoms with Crippen molar-refractivity contribution in [3.8, 4) is 11.4 Å². The van der Waals surface area contributed by atoms with E-state index in [1.807, 2.05) is 0 Å². The Hall–Kier alpha value is -3.15. The number of halogens is 3. The second-order valence-electron chi connectivity index (χ2n) is 5.46. The highest BCUT2D eigenvalue weighted by atomic mass is 32.2. The molecule has 0 saturated carbocycles. The molecule has 146 valence electrons. The summed E-state index contributed by atoms with van der Waals surface area (Å²) in [5.41, 5.74) is -0.826. The van der Waals surface area contributed by atoms with Crippen LogP contribution in [0.3, 0.4) is 0 Å². The van der Waals surface area contributed by atoms with Crippen LogP contribution in [0.25, 0.3) is 5.69 Å². The summed E-state index contributed by atoms with van der Waals surface area (Å²) in [6, 6.07) is 9.11. The normalized spacial score (nSPS) is 11.4. The summed E-state index contributed by atoms with van der Waals surface area (Å²) in [6.07, 6.45) is -4.60. The van der Waals surface area contributed by atoms with Crippen molar-refractivity contribution in [2.24, 2.45) is 0 Å². The Morgan fingerprint density at radius 1 is 1.21 bits per heavy atom. The fourth-order valence-corrected chi connectivity index (χ4v) is 3.23. The first-order valence-corrected chi connectivity index (χ1v) is 8.68. The van der Waals surface area contributed by atoms with Crippen LogP contribution >= 0.6 is 11.8 Å². The Labute approximate surface area is 160 Å². The molecule has 1 heterocycles. The third-order valence-corrected chi connectivity index (χ3v) is 4.69. The topological polar surface area (TPSA) is 96.0 Å². The highest BCUT2D eigenvalue weighted by Crippen LogP contribution is 2.35. The van der Waals surface area contributed by atoms with Gasteiger partial charge in [-0.15, -0.1) is 5.10 Å². The smallest absolute Gasteiger partial charge is 0.416 e. The van der Waals surface area contributed by atoms with E-state index in [-0.39, 0.29) is 16.5 Å². The Balaban J connectivity index is 1.86. The standard InChI is InChI=1S/C16H12F3N5O3S/c1-27-13-5-3-12(4-6-13)23-15(20-21-22-23)28-9-10-8-11(16(17,18)19)2-7-14(10)24(25)26/h2-8H,9H2,1H3. The van der Waals surface area contributed by atoms with Gasteiger partial charge >= 0.3 is 6.18 Å². The first-order chi connectivity index (χ1) is 13.3. The summed E-state index contributed by atoms with van der Waals surface area (Å²) in [7, 11) is 1.52. The molecule has 0 atom stereocenters. The van der Waals surface area contributed by atoms with Crippen molar-refractivity contribution in [2.75, 3.05) is 7.11 Å². The van der Waals surface area contributed by atoms with Gasteiger partial charge in [0.15, 0.2) is 0 Å². The number of ether oxygens (including phenoxy) is 1. The predicted molar refractivity (Wildman–Crippen MR) is 93.4 cm³/mol. The maximum atomic E-state index is 12.9. The minimum Gasteiger partial charge on any atom is -0.497 e. The summed E-state index contributed by atoms with van der Waals surface area (Å²) in [5.74, 6) is 0.516. The molecule has 0 bridgehead atoms. The molecular formula is C16H12F3N5O3S. The molecule has 0 aliphatic heterocycles. The molecule has 0 aliphatic rings. The van der Waals surface area contributed by atoms with Gasteiger partial charge in [-0.25, -0.2) is 0 Å². The van der Waals surface area contributed by atoms with Gasteiger partial charge in [-0.1, -0.05) is 11.8 Å². The number of hydrogen-bond acceptors (Lipinski definition) is 7. The summed E-state index contributed by atoms with van der Waals surface area (Å²) in [4.78, 5) is 10.4. The van der Waals surface area contributed by atoms with Crippen molar-refractivity contribution >= 4 is 17.4 Å². The molecule has 0 amide bonds. The lowest BCUT2D eigenvalue weighted by Gasteiger charge is -2.09. The second kappa shape index (κ2) is 7.84. The van der Waals surface area contributed by atoms with Crippen LogP contribution in [0.4, 0.5) is 18.9 Å². The molecule has 0 saturated heterocycles. The van der Waals surface area contributed by atoms with E-state index in [4.69, 9.17) is 4.74 Å². The van der Waals surface area contributed by atoms with Crippen LogP contribution in [0.15, 0.2) is 47.6 Å². The molecule has 1 aromatic heterocycles. The maximum Gasteiger partial charge on any atom is 0.416 e. The molecule has 12 heteroatoms. The number of methoxy groups -OCH3 is 1. The van der Waals surface area contributed by atoms with E-state index in [0.717, 1.165) is 23.9 Å². The Kier molecular flexibility index (Phi) is 5.49. The molecule has 0 radical (unpaired) electrons. The SMILES string of the molecule is COc1ccc(-n2nnnc2SCc2cc(C(F)(F)F)ccc2[N+](=O)[O-])cc1. The monoisotopic (exact) mass is 411 g/mol. The van der Waals surface area contributed by atoms with Crippen molar-refractivity contribution in [1.29, 1.82) is 0 Å². The molecule has 8 nitrogen and oxygen atoms in total. The summed E-state index contributed by atoms with van der Waals surface area (Å²) in [5, 5.41) is 22.7. The van der Waals surface area contributed by atoms with Crippen LogP contribution < -0.4 is 4.74 Å². The van der Waals surface area contributed by atoms with Crippen LogP contribution in [0.2, 0.25) is 0 Å². The van der Waals surface area contributed by atoms with Crippen LogP contribution in [0.1, 0.15) is 11.1 Å². The van der Waals surface area contributed by atoms with Crippen molar-refractivity contribution in [3.63, 3.8) is 0 Å². The number of hydrogen-bond donors (Lipinski definition) is 0. The van der Waals surface area contributed by atoms with Gasteiger partial charge in [-0.3, -0.25) is 10.1 Å². The number of nitro benzene ring substituents is 1. The van der Waals surface area contributed by atoms with E-state index in [1.165, 1.54) is 11.8 Å². The lowest BCUT2D eigenvalue weighted by atomic mass is 10.1. The van der Waals surface area contributed by atoms with Gasteiger partial charge in [-0.2, -0.15) is 17.9 Å². The molecule has 3 rings (SSSR count). The average Bonchev–Trinajstić information content (AvgIpc) is 3.14. The van der Waals surface area contributed by atoms with Crippen LogP contribution in [0, 0.1) is 10.1 Å². The van der Waals surface area contributed by atoms with Gasteiger partial charge in [0, 0.05) is 17.4 Å². The lowest BCUT2D eigenvalue weighted by Crippen LogP contribution is -2.07. The van der Waals surface area contributed by atoms with Crippen molar-refractivity contribution < 1.29 is 22.8 Å². The van der Waals surface area contributed by atoms with E-state index in [2.05, 4.69) is 15.5 Å². The van der Waals surface area contributed by atoms with E-state index in [0.29, 0.717) is 17.5 Å². The summed E-state index contributed by atoms with van der Waals surface area (Å²) < 4.78 is 45.3. The summed E-state index contributed by atoms with van der Waals surface area (Å²) >= 11 is 0.986. The average molecular weight is 411 g/mol. The van der Waals surface area contributed by atoms with E-state index in [9.17, 15) is 23.3 Å². The zero-order valence-corrected chi connectivity index (χ0v) is 15.1. The second-order valence-corrected chi connectivity index (χ2v) is 6.40. The number of tetrazole rings is 1. The molecule has 0 spiro atoms. The number of aromatic nitrogens is 4. The van der Waals surface area contributed by atoms with E-state index < -0.39 is 22.4 Å². The zero-order valence-electron chi connectivity index (χ0n) is 14.3. The quantitative estimate of drug-likeness (QED) is 0.345. The number of benzene rings is 2. The van der Waals surface area contributed by atoms with E-state index >= 15 is 0 Å². The highest BCUT2D eigenvalue weighted by molar-refractivity contribution is 7.98. The van der Waals surface area contributed by atoms with Crippen LogP contribution in [0.5, 0.6) is 5.75 Å². The molecular weight excluding hydrogens is 399 g/mol. The number of thioether (sulfide) groups is 1. The number of nitrogens with zero attached hydrogens (tertiary/aromatic N) is 5. The van der Waals surface area contributed by atoms with Gasteiger partial charge in [0.2, 0.25) is 5.16 Å². The number of rotatable bonds is 6. The highest BCUT2D eigenvalue weighted by Gasteiger charge is 2.32. The van der Waals surface area contributed by atoms with Crippen molar-refractivity contribution in [3.05, 3.63) is 63.7 Å². The fourth-order valence-electron chi connectivity index (χ4n) is 2.35. The first kappa shape index (κ1) is 19.6. The molecule has 0 unspecified atom stereocenters. The zero-order chi connectivity index (χ0) is 20.3. The third-order valence-electron chi connectivity index (χ3n) is 3.72. The van der Waals surface area contributed by atoms with Gasteiger partial charge in [-0.05, 0) is 46.8 Å². The Bertz CT molecular complexity index is 992. The Morgan fingerprint density at radius 2 is 1.93 bits per heavy atom. The number of nitro groups is 1. The minimum absolute atomic E-state index is 0.0749. The van der Waals surface area contributed by atoms with Gasteiger partial charge in [0.25, 0.3) is 5.69 Å². The third kappa shape index (κ3) is 4.22.